The number of hydrogen-bond donors (Lipinski definition) is 0. The van der Waals surface area contributed by atoms with E-state index in [-0.39, 0.29) is 24.1 Å². The quantitative estimate of drug-likeness (QED) is 0.712. The van der Waals surface area contributed by atoms with Crippen molar-refractivity contribution in [3.63, 3.8) is 0 Å². The molecule has 150 valence electrons. The number of hydrogen-bond acceptors (Lipinski definition) is 6. The van der Waals surface area contributed by atoms with E-state index in [9.17, 15) is 9.59 Å². The third-order valence-corrected chi connectivity index (χ3v) is 4.78. The van der Waals surface area contributed by atoms with Crippen molar-refractivity contribution in [2.75, 3.05) is 47.4 Å². The summed E-state index contributed by atoms with van der Waals surface area (Å²) in [5.74, 6) is 0.600. The van der Waals surface area contributed by atoms with E-state index >= 15 is 0 Å². The van der Waals surface area contributed by atoms with E-state index in [0.717, 1.165) is 25.4 Å². The molecule has 1 fully saturated rings. The number of carbonyl (C=O) groups is 2. The monoisotopic (exact) mass is 386 g/mol. The van der Waals surface area contributed by atoms with Crippen molar-refractivity contribution in [1.82, 2.24) is 29.7 Å². The van der Waals surface area contributed by atoms with E-state index < -0.39 is 0 Å². The molecule has 0 saturated carbocycles. The molecule has 0 radical (unpaired) electrons. The van der Waals surface area contributed by atoms with Gasteiger partial charge in [0.2, 0.25) is 5.91 Å². The van der Waals surface area contributed by atoms with Gasteiger partial charge in [-0.25, -0.2) is 4.68 Å². The minimum Gasteiger partial charge on any atom is -0.497 e. The topological polar surface area (TPSA) is 83.8 Å². The lowest BCUT2D eigenvalue weighted by molar-refractivity contribution is -0.129. The van der Waals surface area contributed by atoms with Gasteiger partial charge >= 0.3 is 0 Å². The van der Waals surface area contributed by atoms with Gasteiger partial charge < -0.3 is 14.5 Å². The minimum atomic E-state index is -0.146. The molecule has 28 heavy (non-hydrogen) atoms. The summed E-state index contributed by atoms with van der Waals surface area (Å²) in [4.78, 5) is 30.0. The number of methoxy groups -OCH3 is 1. The standard InChI is InChI=1S/C19H26N6O3/c1-22(2)18(26)14-25-13-17(20-21-25)19(27)24-10-8-23(9-11-24)12-15-4-6-16(28-3)7-5-15/h4-7,13H,8-12,14H2,1-3H3. The summed E-state index contributed by atoms with van der Waals surface area (Å²) in [6, 6.07) is 8.03. The van der Waals surface area contributed by atoms with Crippen LogP contribution in [0.3, 0.4) is 0 Å². The molecule has 0 bridgehead atoms. The molecule has 1 aliphatic rings. The van der Waals surface area contributed by atoms with Crippen LogP contribution in [0.5, 0.6) is 5.75 Å². The Kier molecular flexibility index (Phi) is 6.25. The molecule has 2 aromatic rings. The molecule has 0 unspecified atom stereocenters. The largest absolute Gasteiger partial charge is 0.497 e. The van der Waals surface area contributed by atoms with Crippen molar-refractivity contribution >= 4 is 11.8 Å². The van der Waals surface area contributed by atoms with Crippen LogP contribution in [0.2, 0.25) is 0 Å². The number of amides is 2. The zero-order valence-electron chi connectivity index (χ0n) is 16.5. The van der Waals surface area contributed by atoms with Crippen LogP contribution in [0, 0.1) is 0 Å². The Morgan fingerprint density at radius 2 is 1.79 bits per heavy atom. The van der Waals surface area contributed by atoms with E-state index in [1.165, 1.54) is 21.3 Å². The molecule has 9 nitrogen and oxygen atoms in total. The highest BCUT2D eigenvalue weighted by atomic mass is 16.5. The number of carbonyl (C=O) groups excluding carboxylic acids is 2. The second-order valence-electron chi connectivity index (χ2n) is 7.01. The first-order valence-electron chi connectivity index (χ1n) is 9.21. The molecule has 0 aliphatic carbocycles. The number of likely N-dealkylation sites (N-methyl/N-ethyl adjacent to an activating group) is 1. The van der Waals surface area contributed by atoms with Crippen LogP contribution in [0.15, 0.2) is 30.5 Å². The number of aromatic nitrogens is 3. The Labute approximate surface area is 164 Å². The lowest BCUT2D eigenvalue weighted by atomic mass is 10.2. The molecule has 1 aliphatic heterocycles. The predicted octanol–water partition coefficient (Wildman–Crippen LogP) is 0.333. The third-order valence-electron chi connectivity index (χ3n) is 4.78. The molecule has 9 heteroatoms. The van der Waals surface area contributed by atoms with Crippen LogP contribution >= 0.6 is 0 Å². The van der Waals surface area contributed by atoms with Crippen LogP contribution in [0.1, 0.15) is 16.1 Å². The highest BCUT2D eigenvalue weighted by Gasteiger charge is 2.24. The summed E-state index contributed by atoms with van der Waals surface area (Å²) in [5.41, 5.74) is 1.49. The van der Waals surface area contributed by atoms with E-state index in [2.05, 4.69) is 27.3 Å². The molecule has 2 heterocycles. The summed E-state index contributed by atoms with van der Waals surface area (Å²) >= 11 is 0. The maximum Gasteiger partial charge on any atom is 0.276 e. The maximum absolute atomic E-state index is 12.7. The first-order valence-corrected chi connectivity index (χ1v) is 9.21. The normalized spacial score (nSPS) is 14.8. The van der Waals surface area contributed by atoms with Gasteiger partial charge in [0.1, 0.15) is 12.3 Å². The van der Waals surface area contributed by atoms with Crippen LogP contribution in [0.25, 0.3) is 0 Å². The summed E-state index contributed by atoms with van der Waals surface area (Å²) in [5, 5.41) is 7.82. The van der Waals surface area contributed by atoms with Gasteiger partial charge in [-0.1, -0.05) is 17.3 Å². The molecule has 1 aromatic heterocycles. The van der Waals surface area contributed by atoms with Gasteiger partial charge in [0.25, 0.3) is 5.91 Å². The summed E-state index contributed by atoms with van der Waals surface area (Å²) in [6.45, 7) is 3.78. The molecular formula is C19H26N6O3. The average Bonchev–Trinajstić information content (AvgIpc) is 3.17. The molecule has 0 spiro atoms. The van der Waals surface area contributed by atoms with E-state index in [1.54, 1.807) is 26.1 Å². The second kappa shape index (κ2) is 8.83. The van der Waals surface area contributed by atoms with Crippen molar-refractivity contribution in [3.8, 4) is 5.75 Å². The minimum absolute atomic E-state index is 0.0723. The number of benzene rings is 1. The van der Waals surface area contributed by atoms with E-state index in [1.807, 2.05) is 12.1 Å². The van der Waals surface area contributed by atoms with Gasteiger partial charge in [-0.3, -0.25) is 14.5 Å². The fourth-order valence-corrected chi connectivity index (χ4v) is 3.01. The summed E-state index contributed by atoms with van der Waals surface area (Å²) in [7, 11) is 5.01. The Hall–Kier alpha value is -2.94. The summed E-state index contributed by atoms with van der Waals surface area (Å²) in [6.07, 6.45) is 1.54. The lowest BCUT2D eigenvalue weighted by Crippen LogP contribution is -2.48. The molecule has 1 saturated heterocycles. The lowest BCUT2D eigenvalue weighted by Gasteiger charge is -2.34. The Morgan fingerprint density at radius 3 is 2.39 bits per heavy atom. The number of nitrogens with zero attached hydrogens (tertiary/aromatic N) is 6. The number of piperazine rings is 1. The highest BCUT2D eigenvalue weighted by Crippen LogP contribution is 2.14. The number of ether oxygens (including phenoxy) is 1. The van der Waals surface area contributed by atoms with E-state index in [0.29, 0.717) is 13.1 Å². The Bertz CT molecular complexity index is 809. The first kappa shape index (κ1) is 19.8. The van der Waals surface area contributed by atoms with Crippen molar-refractivity contribution in [1.29, 1.82) is 0 Å². The van der Waals surface area contributed by atoms with Crippen molar-refractivity contribution in [3.05, 3.63) is 41.7 Å². The number of rotatable bonds is 6. The third kappa shape index (κ3) is 4.86. The molecule has 3 rings (SSSR count). The van der Waals surface area contributed by atoms with Crippen LogP contribution < -0.4 is 4.74 Å². The van der Waals surface area contributed by atoms with Gasteiger partial charge in [0, 0.05) is 46.8 Å². The van der Waals surface area contributed by atoms with Gasteiger partial charge in [-0.05, 0) is 17.7 Å². The smallest absolute Gasteiger partial charge is 0.276 e. The van der Waals surface area contributed by atoms with Crippen molar-refractivity contribution < 1.29 is 14.3 Å². The maximum atomic E-state index is 12.7. The van der Waals surface area contributed by atoms with E-state index in [4.69, 9.17) is 4.74 Å². The molecular weight excluding hydrogens is 360 g/mol. The van der Waals surface area contributed by atoms with Crippen LogP contribution in [-0.4, -0.2) is 88.9 Å². The van der Waals surface area contributed by atoms with Crippen LogP contribution in [0.4, 0.5) is 0 Å². The molecule has 1 aromatic carbocycles. The van der Waals surface area contributed by atoms with Crippen molar-refractivity contribution in [2.45, 2.75) is 13.1 Å². The molecule has 0 atom stereocenters. The second-order valence-corrected chi connectivity index (χ2v) is 7.01. The fourth-order valence-electron chi connectivity index (χ4n) is 3.01. The zero-order valence-corrected chi connectivity index (χ0v) is 16.5. The Morgan fingerprint density at radius 1 is 1.11 bits per heavy atom. The van der Waals surface area contributed by atoms with Gasteiger partial charge in [-0.15, -0.1) is 5.10 Å². The summed E-state index contributed by atoms with van der Waals surface area (Å²) < 4.78 is 6.58. The molecule has 2 amide bonds. The SMILES string of the molecule is COc1ccc(CN2CCN(C(=O)c3cn(CC(=O)N(C)C)nn3)CC2)cc1. The fraction of sp³-hybridized carbons (Fsp3) is 0.474. The van der Waals surface area contributed by atoms with Gasteiger partial charge in [0.15, 0.2) is 5.69 Å². The first-order chi connectivity index (χ1) is 13.5. The highest BCUT2D eigenvalue weighted by molar-refractivity contribution is 5.92. The zero-order chi connectivity index (χ0) is 20.1. The average molecular weight is 386 g/mol. The van der Waals surface area contributed by atoms with Gasteiger partial charge in [-0.2, -0.15) is 0 Å². The van der Waals surface area contributed by atoms with Crippen molar-refractivity contribution in [2.24, 2.45) is 0 Å². The van der Waals surface area contributed by atoms with Crippen LogP contribution in [-0.2, 0) is 17.9 Å². The molecule has 0 N–H and O–H groups in total. The van der Waals surface area contributed by atoms with Gasteiger partial charge in [0.05, 0.1) is 13.3 Å². The Balaban J connectivity index is 1.50. The predicted molar refractivity (Wildman–Crippen MR) is 103 cm³/mol.